The van der Waals surface area contributed by atoms with E-state index in [1.807, 2.05) is 0 Å². The Morgan fingerprint density at radius 1 is 1.14 bits per heavy atom. The van der Waals surface area contributed by atoms with Gasteiger partial charge in [0.2, 0.25) is 0 Å². The minimum absolute atomic E-state index is 0.0505. The van der Waals surface area contributed by atoms with Gasteiger partial charge in [-0.25, -0.2) is 9.78 Å². The molecule has 1 heterocycles. The van der Waals surface area contributed by atoms with E-state index in [1.54, 1.807) is 12.1 Å². The molecule has 0 aliphatic heterocycles. The Balaban J connectivity index is 1.92. The third-order valence-corrected chi connectivity index (χ3v) is 5.07. The molecule has 0 amide bonds. The first kappa shape index (κ1) is 25.0. The highest BCUT2D eigenvalue weighted by atomic mass is 19.4. The summed E-state index contributed by atoms with van der Waals surface area (Å²) in [4.78, 5) is 39.0. The molecule has 37 heavy (non-hydrogen) atoms. The van der Waals surface area contributed by atoms with Crippen molar-refractivity contribution in [1.82, 2.24) is 9.66 Å². The number of ether oxygens (including phenoxy) is 1. The van der Waals surface area contributed by atoms with Gasteiger partial charge in [0.25, 0.3) is 11.2 Å². The van der Waals surface area contributed by atoms with E-state index in [4.69, 9.17) is 9.84 Å². The first-order valence-corrected chi connectivity index (χ1v) is 10.4. The van der Waals surface area contributed by atoms with Crippen LogP contribution in [0.5, 0.6) is 5.75 Å². The molecule has 0 unspecified atom stereocenters. The summed E-state index contributed by atoms with van der Waals surface area (Å²) >= 11 is 0. The summed E-state index contributed by atoms with van der Waals surface area (Å²) in [5.41, 5.74) is -1.95. The quantitative estimate of drug-likeness (QED) is 0.221. The molecule has 1 aromatic heterocycles. The molecular weight excluding hydrogens is 497 g/mol. The molecule has 4 aromatic rings. The Hall–Kier alpha value is -5.07. The number of fused-ring (bicyclic) bond motifs is 1. The molecule has 0 aliphatic carbocycles. The predicted molar refractivity (Wildman–Crippen MR) is 126 cm³/mol. The molecule has 3 aromatic carbocycles. The van der Waals surface area contributed by atoms with E-state index in [0.29, 0.717) is 0 Å². The lowest BCUT2D eigenvalue weighted by molar-refractivity contribution is -0.384. The number of carboxylic acids is 1. The number of carbonyl (C=O) groups is 1. The van der Waals surface area contributed by atoms with Gasteiger partial charge in [-0.3, -0.25) is 14.9 Å². The highest BCUT2D eigenvalue weighted by Crippen LogP contribution is 2.32. The molecule has 0 fully saturated rings. The molecular formula is C24H15F3N4O6. The van der Waals surface area contributed by atoms with Crippen LogP contribution in [0.2, 0.25) is 0 Å². The lowest BCUT2D eigenvalue weighted by Crippen LogP contribution is -2.20. The van der Waals surface area contributed by atoms with Crippen LogP contribution < -0.4 is 10.3 Å². The van der Waals surface area contributed by atoms with Crippen molar-refractivity contribution in [3.63, 3.8) is 0 Å². The molecule has 0 saturated heterocycles. The van der Waals surface area contributed by atoms with Crippen molar-refractivity contribution >= 4 is 28.8 Å². The maximum Gasteiger partial charge on any atom is 0.416 e. The smallest absolute Gasteiger partial charge is 0.416 e. The molecule has 0 bridgehead atoms. The van der Waals surface area contributed by atoms with E-state index in [0.717, 1.165) is 47.3 Å². The fourth-order valence-corrected chi connectivity index (χ4v) is 3.39. The van der Waals surface area contributed by atoms with Crippen LogP contribution in [-0.2, 0) is 11.0 Å². The number of non-ortho nitro benzene ring substituents is 1. The van der Waals surface area contributed by atoms with Crippen LogP contribution in [0.4, 0.5) is 18.9 Å². The van der Waals surface area contributed by atoms with E-state index in [9.17, 15) is 32.9 Å². The zero-order valence-electron chi connectivity index (χ0n) is 18.5. The number of hydrogen-bond acceptors (Lipinski definition) is 7. The topological polar surface area (TPSA) is 137 Å². The molecule has 0 aliphatic rings. The highest BCUT2D eigenvalue weighted by Gasteiger charge is 2.31. The Labute approximate surface area is 205 Å². The molecule has 4 rings (SSSR count). The van der Waals surface area contributed by atoms with Crippen LogP contribution in [0.1, 0.15) is 11.1 Å². The van der Waals surface area contributed by atoms with E-state index in [2.05, 4.69) is 10.1 Å². The van der Waals surface area contributed by atoms with Crippen LogP contribution in [0.3, 0.4) is 0 Å². The SMILES string of the molecule is O=C(O)COc1ccc([N+](=O)[O-])cc1C=Nn1c(-c2cccc(C(F)(F)F)c2)nc2ccccc2c1=O. The van der Waals surface area contributed by atoms with Gasteiger partial charge in [-0.05, 0) is 30.3 Å². The van der Waals surface area contributed by atoms with Crippen molar-refractivity contribution < 1.29 is 32.7 Å². The fraction of sp³-hybridized carbons (Fsp3) is 0.0833. The number of benzene rings is 3. The zero-order valence-corrected chi connectivity index (χ0v) is 18.5. The second kappa shape index (κ2) is 9.89. The number of nitrogens with zero attached hydrogens (tertiary/aromatic N) is 4. The monoisotopic (exact) mass is 512 g/mol. The highest BCUT2D eigenvalue weighted by molar-refractivity contribution is 5.86. The predicted octanol–water partition coefficient (Wildman–Crippen LogP) is 4.34. The fourth-order valence-electron chi connectivity index (χ4n) is 3.39. The normalized spacial score (nSPS) is 11.6. The maximum absolute atomic E-state index is 13.3. The minimum Gasteiger partial charge on any atom is -0.481 e. The third kappa shape index (κ3) is 5.45. The molecule has 10 nitrogen and oxygen atoms in total. The largest absolute Gasteiger partial charge is 0.481 e. The summed E-state index contributed by atoms with van der Waals surface area (Å²) < 4.78 is 45.9. The van der Waals surface area contributed by atoms with Crippen molar-refractivity contribution in [3.8, 4) is 17.1 Å². The number of hydrogen-bond donors (Lipinski definition) is 1. The van der Waals surface area contributed by atoms with E-state index < -0.39 is 34.8 Å². The van der Waals surface area contributed by atoms with Crippen LogP contribution >= 0.6 is 0 Å². The lowest BCUT2D eigenvalue weighted by Gasteiger charge is -2.12. The van der Waals surface area contributed by atoms with Gasteiger partial charge in [-0.15, -0.1) is 0 Å². The second-order valence-electron chi connectivity index (χ2n) is 7.55. The van der Waals surface area contributed by atoms with Gasteiger partial charge >= 0.3 is 12.1 Å². The van der Waals surface area contributed by atoms with Gasteiger partial charge in [-0.2, -0.15) is 22.9 Å². The van der Waals surface area contributed by atoms with Crippen LogP contribution in [-0.4, -0.2) is 38.5 Å². The van der Waals surface area contributed by atoms with Crippen LogP contribution in [0, 0.1) is 10.1 Å². The third-order valence-electron chi connectivity index (χ3n) is 5.07. The Morgan fingerprint density at radius 2 is 1.89 bits per heavy atom. The standard InChI is InChI=1S/C24H15F3N4O6/c25-24(26,27)16-5-3-4-14(10-16)22-29-19-7-2-1-6-18(19)23(34)30(22)28-12-15-11-17(31(35)36)8-9-20(15)37-13-21(32)33/h1-12H,13H2,(H,32,33). The average Bonchev–Trinajstić information content (AvgIpc) is 2.86. The number of nitro benzene ring substituents is 1. The molecule has 188 valence electrons. The Kier molecular flexibility index (Phi) is 6.69. The van der Waals surface area contributed by atoms with Crippen molar-refractivity contribution in [2.24, 2.45) is 5.10 Å². The van der Waals surface area contributed by atoms with Gasteiger partial charge in [0.15, 0.2) is 12.4 Å². The van der Waals surface area contributed by atoms with Crippen molar-refractivity contribution in [2.75, 3.05) is 6.61 Å². The summed E-state index contributed by atoms with van der Waals surface area (Å²) in [5.74, 6) is -1.60. The number of halogens is 3. The first-order valence-electron chi connectivity index (χ1n) is 10.4. The molecule has 0 spiro atoms. The average molecular weight is 512 g/mol. The van der Waals surface area contributed by atoms with E-state index >= 15 is 0 Å². The Bertz CT molecular complexity index is 1610. The molecule has 0 atom stereocenters. The molecule has 0 radical (unpaired) electrons. The van der Waals surface area contributed by atoms with Crippen LogP contribution in [0.25, 0.3) is 22.3 Å². The number of carboxylic acid groups (broad SMARTS) is 1. The minimum atomic E-state index is -4.65. The van der Waals surface area contributed by atoms with Gasteiger partial charge < -0.3 is 9.84 Å². The summed E-state index contributed by atoms with van der Waals surface area (Å²) in [7, 11) is 0. The van der Waals surface area contributed by atoms with Crippen LogP contribution in [0.15, 0.2) is 76.6 Å². The Morgan fingerprint density at radius 3 is 2.59 bits per heavy atom. The number of aliphatic carboxylic acids is 1. The number of nitro groups is 1. The molecule has 13 heteroatoms. The van der Waals surface area contributed by atoms with E-state index in [1.165, 1.54) is 18.2 Å². The number of aromatic nitrogens is 2. The summed E-state index contributed by atoms with van der Waals surface area (Å²) in [6.45, 7) is -0.758. The van der Waals surface area contributed by atoms with Gasteiger partial charge in [0, 0.05) is 23.3 Å². The lowest BCUT2D eigenvalue weighted by atomic mass is 10.1. The first-order chi connectivity index (χ1) is 17.5. The van der Waals surface area contributed by atoms with E-state index in [-0.39, 0.29) is 39.3 Å². The molecule has 1 N–H and O–H groups in total. The number of alkyl halides is 3. The van der Waals surface area contributed by atoms with Crippen molar-refractivity contribution in [3.05, 3.63) is 98.3 Å². The van der Waals surface area contributed by atoms with Gasteiger partial charge in [0.1, 0.15) is 5.75 Å². The zero-order chi connectivity index (χ0) is 26.7. The van der Waals surface area contributed by atoms with Gasteiger partial charge in [-0.1, -0.05) is 24.3 Å². The second-order valence-corrected chi connectivity index (χ2v) is 7.55. The van der Waals surface area contributed by atoms with Crippen molar-refractivity contribution in [2.45, 2.75) is 6.18 Å². The summed E-state index contributed by atoms with van der Waals surface area (Å²) in [6, 6.07) is 13.6. The summed E-state index contributed by atoms with van der Waals surface area (Å²) in [5, 5.41) is 24.3. The summed E-state index contributed by atoms with van der Waals surface area (Å²) in [6.07, 6.45) is -3.65. The number of rotatable bonds is 7. The number of para-hydroxylation sites is 1. The van der Waals surface area contributed by atoms with Crippen molar-refractivity contribution in [1.29, 1.82) is 0 Å². The maximum atomic E-state index is 13.3. The molecule has 0 saturated carbocycles. The van der Waals surface area contributed by atoms with Gasteiger partial charge in [0.05, 0.1) is 27.6 Å².